The molecule has 1 N–H and O–H groups in total. The number of hydrogen-bond acceptors (Lipinski definition) is 5. The van der Waals surface area contributed by atoms with Gasteiger partial charge in [0.15, 0.2) is 5.76 Å². The Bertz CT molecular complexity index is 1440. The van der Waals surface area contributed by atoms with Gasteiger partial charge in [-0.1, -0.05) is 18.2 Å². The number of nitrogens with zero attached hydrogens (tertiary/aromatic N) is 1. The molecule has 0 unspecified atom stereocenters. The number of sulfonamides is 1. The van der Waals surface area contributed by atoms with Crippen LogP contribution in [0.1, 0.15) is 40.6 Å². The van der Waals surface area contributed by atoms with Crippen molar-refractivity contribution in [1.29, 1.82) is 0 Å². The van der Waals surface area contributed by atoms with E-state index in [4.69, 9.17) is 4.42 Å². The number of para-hydroxylation sites is 1. The molecule has 5 rings (SSSR count). The lowest BCUT2D eigenvalue weighted by Crippen LogP contribution is -2.30. The number of carbonyl (C=O) groups is 1. The molecule has 1 saturated carbocycles. The Morgan fingerprint density at radius 3 is 2.73 bits per heavy atom. The zero-order chi connectivity index (χ0) is 21.0. The minimum Gasteiger partial charge on any atom is -0.451 e. The Morgan fingerprint density at radius 2 is 1.97 bits per heavy atom. The predicted molar refractivity (Wildman–Crippen MR) is 109 cm³/mol. The van der Waals surface area contributed by atoms with Crippen LogP contribution in [0.3, 0.4) is 0 Å². The summed E-state index contributed by atoms with van der Waals surface area (Å²) in [6.45, 7) is 1.75. The molecular formula is C22H17FN2O4S. The number of amides is 1. The Labute approximate surface area is 171 Å². The van der Waals surface area contributed by atoms with E-state index in [2.05, 4.69) is 4.98 Å². The molecule has 1 aliphatic carbocycles. The van der Waals surface area contributed by atoms with Gasteiger partial charge >= 0.3 is 5.91 Å². The smallest absolute Gasteiger partial charge is 0.300 e. The van der Waals surface area contributed by atoms with Gasteiger partial charge in [-0.15, -0.1) is 0 Å². The first kappa shape index (κ1) is 18.7. The van der Waals surface area contributed by atoms with Gasteiger partial charge in [0.2, 0.25) is 0 Å². The molecule has 2 aromatic carbocycles. The van der Waals surface area contributed by atoms with Gasteiger partial charge < -0.3 is 4.42 Å². The lowest BCUT2D eigenvalue weighted by Gasteiger charge is -2.08. The van der Waals surface area contributed by atoms with E-state index in [1.54, 1.807) is 37.3 Å². The van der Waals surface area contributed by atoms with E-state index in [1.807, 2.05) is 4.72 Å². The summed E-state index contributed by atoms with van der Waals surface area (Å²) >= 11 is 0. The van der Waals surface area contributed by atoms with Crippen LogP contribution in [0.5, 0.6) is 0 Å². The maximum absolute atomic E-state index is 14.4. The van der Waals surface area contributed by atoms with Gasteiger partial charge in [0.25, 0.3) is 10.0 Å². The van der Waals surface area contributed by atoms with Gasteiger partial charge in [-0.05, 0) is 55.5 Å². The highest BCUT2D eigenvalue weighted by Gasteiger charge is 2.27. The molecule has 2 heterocycles. The molecule has 6 nitrogen and oxygen atoms in total. The summed E-state index contributed by atoms with van der Waals surface area (Å²) in [6, 6.07) is 12.6. The lowest BCUT2D eigenvalue weighted by atomic mass is 10.1. The van der Waals surface area contributed by atoms with Crippen LogP contribution in [0.15, 0.2) is 57.8 Å². The SMILES string of the molecule is Cc1ccc2cccc(S(=O)(=O)NC(=O)c3cc4c(F)cc(C5CC5)cc4o3)c2n1. The normalized spacial score (nSPS) is 14.3. The van der Waals surface area contributed by atoms with Crippen molar-refractivity contribution in [3.63, 3.8) is 0 Å². The van der Waals surface area contributed by atoms with E-state index in [0.717, 1.165) is 18.4 Å². The second kappa shape index (κ2) is 6.63. The van der Waals surface area contributed by atoms with Crippen LogP contribution < -0.4 is 4.72 Å². The summed E-state index contributed by atoms with van der Waals surface area (Å²) in [4.78, 5) is 16.8. The number of fused-ring (bicyclic) bond motifs is 2. The summed E-state index contributed by atoms with van der Waals surface area (Å²) in [5, 5.41) is 0.777. The Kier molecular flexibility index (Phi) is 4.14. The highest BCUT2D eigenvalue weighted by atomic mass is 32.2. The van der Waals surface area contributed by atoms with Gasteiger partial charge in [0.05, 0.1) is 10.9 Å². The first-order valence-electron chi connectivity index (χ1n) is 9.48. The average Bonchev–Trinajstić information content (AvgIpc) is 3.45. The van der Waals surface area contributed by atoms with Crippen LogP contribution in [0.25, 0.3) is 21.9 Å². The Morgan fingerprint density at radius 1 is 1.17 bits per heavy atom. The number of benzene rings is 2. The highest BCUT2D eigenvalue weighted by Crippen LogP contribution is 2.41. The van der Waals surface area contributed by atoms with E-state index in [0.29, 0.717) is 17.0 Å². The van der Waals surface area contributed by atoms with Crippen LogP contribution in [0, 0.1) is 12.7 Å². The van der Waals surface area contributed by atoms with E-state index < -0.39 is 21.7 Å². The Hall–Kier alpha value is -3.26. The van der Waals surface area contributed by atoms with Crippen LogP contribution in [0.4, 0.5) is 4.39 Å². The largest absolute Gasteiger partial charge is 0.451 e. The molecule has 0 radical (unpaired) electrons. The predicted octanol–water partition coefficient (Wildman–Crippen LogP) is 4.42. The molecule has 1 fully saturated rings. The zero-order valence-corrected chi connectivity index (χ0v) is 16.8. The van der Waals surface area contributed by atoms with Gasteiger partial charge in [-0.25, -0.2) is 17.5 Å². The third-order valence-corrected chi connectivity index (χ3v) is 6.58. The highest BCUT2D eigenvalue weighted by molar-refractivity contribution is 7.90. The number of halogens is 1. The van der Waals surface area contributed by atoms with Crippen LogP contribution in [-0.4, -0.2) is 19.3 Å². The molecule has 30 heavy (non-hydrogen) atoms. The molecule has 152 valence electrons. The number of hydrogen-bond donors (Lipinski definition) is 1. The molecule has 0 spiro atoms. The molecule has 0 atom stereocenters. The quantitative estimate of drug-likeness (QED) is 0.524. The monoisotopic (exact) mass is 424 g/mol. The number of pyridine rings is 1. The summed E-state index contributed by atoms with van der Waals surface area (Å²) in [6.07, 6.45) is 1.99. The van der Waals surface area contributed by atoms with Crippen molar-refractivity contribution in [1.82, 2.24) is 9.71 Å². The van der Waals surface area contributed by atoms with Crippen LogP contribution >= 0.6 is 0 Å². The third-order valence-electron chi connectivity index (χ3n) is 5.22. The first-order valence-corrected chi connectivity index (χ1v) is 11.0. The molecule has 0 aliphatic heterocycles. The molecular weight excluding hydrogens is 407 g/mol. The van der Waals surface area contributed by atoms with Gasteiger partial charge in [0.1, 0.15) is 16.3 Å². The third kappa shape index (κ3) is 3.23. The van der Waals surface area contributed by atoms with E-state index in [9.17, 15) is 17.6 Å². The molecule has 0 bridgehead atoms. The fraction of sp³-hybridized carbons (Fsp3) is 0.182. The van der Waals surface area contributed by atoms with Crippen LogP contribution in [-0.2, 0) is 10.0 Å². The van der Waals surface area contributed by atoms with E-state index in [1.165, 1.54) is 18.2 Å². The summed E-state index contributed by atoms with van der Waals surface area (Å²) < 4.78 is 47.7. The Balaban J connectivity index is 1.50. The van der Waals surface area contributed by atoms with Crippen molar-refractivity contribution in [2.75, 3.05) is 0 Å². The number of aromatic nitrogens is 1. The summed E-state index contributed by atoms with van der Waals surface area (Å²) in [7, 11) is -4.23. The number of carbonyl (C=O) groups excluding carboxylic acids is 1. The lowest BCUT2D eigenvalue weighted by molar-refractivity contribution is 0.0956. The molecule has 2 aromatic heterocycles. The fourth-order valence-electron chi connectivity index (χ4n) is 3.54. The molecule has 4 aromatic rings. The molecule has 8 heteroatoms. The van der Waals surface area contributed by atoms with E-state index >= 15 is 0 Å². The second-order valence-electron chi connectivity index (χ2n) is 7.51. The maximum atomic E-state index is 14.4. The van der Waals surface area contributed by atoms with Gasteiger partial charge in [-0.2, -0.15) is 0 Å². The number of aryl methyl sites for hydroxylation is 1. The van der Waals surface area contributed by atoms with Crippen LogP contribution in [0.2, 0.25) is 0 Å². The van der Waals surface area contributed by atoms with Crippen molar-refractivity contribution < 1.29 is 22.0 Å². The first-order chi connectivity index (χ1) is 14.3. The maximum Gasteiger partial charge on any atom is 0.300 e. The number of nitrogens with one attached hydrogen (secondary N) is 1. The minimum atomic E-state index is -4.23. The minimum absolute atomic E-state index is 0.115. The average molecular weight is 424 g/mol. The molecule has 0 saturated heterocycles. The van der Waals surface area contributed by atoms with E-state index in [-0.39, 0.29) is 27.1 Å². The number of rotatable bonds is 4. The molecule has 1 aliphatic rings. The standard InChI is InChI=1S/C22H17FN2O4S/c1-12-5-6-14-3-2-4-20(21(14)24-12)30(27,28)25-22(26)19-11-16-17(23)9-15(13-7-8-13)10-18(16)29-19/h2-6,9-11,13H,7-8H2,1H3,(H,25,26). The van der Waals surface area contributed by atoms with Gasteiger partial charge in [-0.3, -0.25) is 9.78 Å². The van der Waals surface area contributed by atoms with Gasteiger partial charge in [0, 0.05) is 17.1 Å². The van der Waals surface area contributed by atoms with Crippen molar-refractivity contribution in [3.05, 3.63) is 71.4 Å². The second-order valence-corrected chi connectivity index (χ2v) is 9.17. The van der Waals surface area contributed by atoms with Crippen molar-refractivity contribution in [2.45, 2.75) is 30.6 Å². The summed E-state index contributed by atoms with van der Waals surface area (Å²) in [5.41, 5.74) is 1.96. The number of furan rings is 1. The molecule has 1 amide bonds. The fourth-order valence-corrected chi connectivity index (χ4v) is 4.67. The van der Waals surface area contributed by atoms with Crippen molar-refractivity contribution in [2.24, 2.45) is 0 Å². The topological polar surface area (TPSA) is 89.3 Å². The van der Waals surface area contributed by atoms with Crippen molar-refractivity contribution in [3.8, 4) is 0 Å². The zero-order valence-electron chi connectivity index (χ0n) is 16.0. The van der Waals surface area contributed by atoms with Crippen molar-refractivity contribution >= 4 is 37.8 Å². The summed E-state index contributed by atoms with van der Waals surface area (Å²) in [5.74, 6) is -1.42.